The van der Waals surface area contributed by atoms with Crippen LogP contribution in [0.15, 0.2) is 0 Å². The molecule has 0 aliphatic carbocycles. The van der Waals surface area contributed by atoms with Gasteiger partial charge in [0.1, 0.15) is 6.42 Å². The maximum atomic E-state index is 11.2. The van der Waals surface area contributed by atoms with Gasteiger partial charge in [0.05, 0.1) is 6.07 Å². The molecule has 0 aromatic heterocycles. The van der Waals surface area contributed by atoms with Gasteiger partial charge in [0.2, 0.25) is 5.91 Å². The van der Waals surface area contributed by atoms with Crippen LogP contribution < -0.4 is 5.73 Å². The lowest BCUT2D eigenvalue weighted by molar-refractivity contribution is -0.131. The van der Waals surface area contributed by atoms with Gasteiger partial charge in [0.15, 0.2) is 0 Å². The molecule has 0 aromatic carbocycles. The first-order valence-electron chi connectivity index (χ1n) is 4.14. The number of amides is 1. The second-order valence-corrected chi connectivity index (χ2v) is 3.05. The molecule has 1 aliphatic rings. The summed E-state index contributed by atoms with van der Waals surface area (Å²) < 4.78 is 0. The molecule has 0 spiro atoms. The zero-order chi connectivity index (χ0) is 8.97. The molecule has 0 aromatic rings. The average Bonchev–Trinajstić information content (AvgIpc) is 2.06. The van der Waals surface area contributed by atoms with Crippen LogP contribution in [0.5, 0.6) is 0 Å². The molecule has 1 amide bonds. The molecule has 4 nitrogen and oxygen atoms in total. The first-order chi connectivity index (χ1) is 5.74. The van der Waals surface area contributed by atoms with Gasteiger partial charge >= 0.3 is 0 Å². The highest BCUT2D eigenvalue weighted by Crippen LogP contribution is 2.08. The number of nitrogens with zero attached hydrogens (tertiary/aromatic N) is 2. The lowest BCUT2D eigenvalue weighted by Crippen LogP contribution is -2.42. The van der Waals surface area contributed by atoms with Crippen LogP contribution in [0.4, 0.5) is 0 Å². The van der Waals surface area contributed by atoms with Crippen molar-refractivity contribution < 1.29 is 4.79 Å². The normalized spacial score (nSPS) is 18.8. The van der Waals surface area contributed by atoms with E-state index in [0.29, 0.717) is 13.1 Å². The van der Waals surface area contributed by atoms with Gasteiger partial charge < -0.3 is 10.6 Å². The van der Waals surface area contributed by atoms with Crippen LogP contribution >= 0.6 is 0 Å². The van der Waals surface area contributed by atoms with E-state index in [9.17, 15) is 4.79 Å². The van der Waals surface area contributed by atoms with Gasteiger partial charge in [-0.2, -0.15) is 5.26 Å². The smallest absolute Gasteiger partial charge is 0.236 e. The highest BCUT2D eigenvalue weighted by Gasteiger charge is 2.19. The van der Waals surface area contributed by atoms with Crippen LogP contribution in [0, 0.1) is 11.3 Å². The van der Waals surface area contributed by atoms with Crippen molar-refractivity contribution in [3.05, 3.63) is 0 Å². The summed E-state index contributed by atoms with van der Waals surface area (Å²) in [6.07, 6.45) is 1.71. The molecule has 0 radical (unpaired) electrons. The average molecular weight is 167 g/mol. The van der Waals surface area contributed by atoms with Gasteiger partial charge in [-0.05, 0) is 12.8 Å². The minimum Gasteiger partial charge on any atom is -0.342 e. The first-order valence-corrected chi connectivity index (χ1v) is 4.14. The molecular weight excluding hydrogens is 154 g/mol. The van der Waals surface area contributed by atoms with E-state index in [4.69, 9.17) is 11.0 Å². The minimum absolute atomic E-state index is 0.00472. The summed E-state index contributed by atoms with van der Waals surface area (Å²) in [7, 11) is 0. The Kier molecular flexibility index (Phi) is 3.06. The molecule has 1 heterocycles. The lowest BCUT2D eigenvalue weighted by atomic mass is 10.1. The maximum Gasteiger partial charge on any atom is 0.236 e. The van der Waals surface area contributed by atoms with Crippen molar-refractivity contribution in [3.63, 3.8) is 0 Å². The maximum absolute atomic E-state index is 11.2. The Balaban J connectivity index is 2.35. The fourth-order valence-electron chi connectivity index (χ4n) is 1.33. The van der Waals surface area contributed by atoms with E-state index in [1.807, 2.05) is 6.07 Å². The number of hydrogen-bond acceptors (Lipinski definition) is 3. The predicted molar refractivity (Wildman–Crippen MR) is 44.0 cm³/mol. The second kappa shape index (κ2) is 4.07. The predicted octanol–water partition coefficient (Wildman–Crippen LogP) is -0.150. The number of likely N-dealkylation sites (tertiary alicyclic amines) is 1. The van der Waals surface area contributed by atoms with Gasteiger partial charge in [0.25, 0.3) is 0 Å². The summed E-state index contributed by atoms with van der Waals surface area (Å²) in [4.78, 5) is 12.9. The van der Waals surface area contributed by atoms with E-state index >= 15 is 0 Å². The van der Waals surface area contributed by atoms with Gasteiger partial charge in [0, 0.05) is 19.1 Å². The summed E-state index contributed by atoms with van der Waals surface area (Å²) in [5, 5.41) is 8.30. The molecule has 1 saturated heterocycles. The Labute approximate surface area is 71.9 Å². The monoisotopic (exact) mass is 167 g/mol. The summed E-state index contributed by atoms with van der Waals surface area (Å²) in [5.41, 5.74) is 5.67. The number of carbonyl (C=O) groups is 1. The fourth-order valence-corrected chi connectivity index (χ4v) is 1.33. The topological polar surface area (TPSA) is 70.1 Å². The number of nitriles is 1. The quantitative estimate of drug-likeness (QED) is 0.590. The van der Waals surface area contributed by atoms with Crippen molar-refractivity contribution in [2.24, 2.45) is 5.73 Å². The van der Waals surface area contributed by atoms with Crippen molar-refractivity contribution >= 4 is 5.91 Å². The van der Waals surface area contributed by atoms with Gasteiger partial charge in [-0.25, -0.2) is 0 Å². The Morgan fingerprint density at radius 3 is 2.67 bits per heavy atom. The molecule has 0 saturated carbocycles. The molecule has 2 N–H and O–H groups in total. The summed E-state index contributed by atoms with van der Waals surface area (Å²) >= 11 is 0. The molecular formula is C8H13N3O. The fraction of sp³-hybridized carbons (Fsp3) is 0.750. The van der Waals surface area contributed by atoms with Crippen LogP contribution in [-0.2, 0) is 4.79 Å². The Bertz CT molecular complexity index is 201. The van der Waals surface area contributed by atoms with Crippen LogP contribution in [0.3, 0.4) is 0 Å². The van der Waals surface area contributed by atoms with Crippen LogP contribution in [0.25, 0.3) is 0 Å². The number of rotatable bonds is 1. The molecule has 0 unspecified atom stereocenters. The third-order valence-corrected chi connectivity index (χ3v) is 2.12. The Morgan fingerprint density at radius 2 is 2.17 bits per heavy atom. The Morgan fingerprint density at radius 1 is 1.58 bits per heavy atom. The standard InChI is InChI=1S/C8H13N3O/c9-4-1-8(12)11-5-2-7(10)3-6-11/h7H,1-3,5-6,10H2. The van der Waals surface area contributed by atoms with E-state index in [1.54, 1.807) is 4.90 Å². The molecule has 1 fully saturated rings. The van der Waals surface area contributed by atoms with Gasteiger partial charge in [-0.3, -0.25) is 4.79 Å². The molecule has 66 valence electrons. The van der Waals surface area contributed by atoms with E-state index in [2.05, 4.69) is 0 Å². The SMILES string of the molecule is N#CCC(=O)N1CCC(N)CC1. The van der Waals surface area contributed by atoms with Crippen molar-refractivity contribution in [2.75, 3.05) is 13.1 Å². The highest BCUT2D eigenvalue weighted by atomic mass is 16.2. The molecule has 12 heavy (non-hydrogen) atoms. The van der Waals surface area contributed by atoms with E-state index in [0.717, 1.165) is 12.8 Å². The largest absolute Gasteiger partial charge is 0.342 e. The van der Waals surface area contributed by atoms with Crippen molar-refractivity contribution in [1.29, 1.82) is 5.26 Å². The number of hydrogen-bond donors (Lipinski definition) is 1. The zero-order valence-electron chi connectivity index (χ0n) is 6.99. The van der Waals surface area contributed by atoms with Crippen molar-refractivity contribution in [1.82, 2.24) is 4.90 Å². The lowest BCUT2D eigenvalue weighted by Gasteiger charge is -2.29. The van der Waals surface area contributed by atoms with Crippen LogP contribution in [0.1, 0.15) is 19.3 Å². The summed E-state index contributed by atoms with van der Waals surface area (Å²) in [5.74, 6) is -0.0654. The van der Waals surface area contributed by atoms with E-state index in [1.165, 1.54) is 0 Å². The molecule has 1 aliphatic heterocycles. The molecule has 0 bridgehead atoms. The number of piperidine rings is 1. The zero-order valence-corrected chi connectivity index (χ0v) is 6.99. The summed E-state index contributed by atoms with van der Waals surface area (Å²) in [6, 6.07) is 2.09. The van der Waals surface area contributed by atoms with Crippen molar-refractivity contribution in [2.45, 2.75) is 25.3 Å². The Hall–Kier alpha value is -1.08. The first kappa shape index (κ1) is 9.01. The van der Waals surface area contributed by atoms with E-state index < -0.39 is 0 Å². The summed E-state index contributed by atoms with van der Waals surface area (Å²) in [6.45, 7) is 1.42. The van der Waals surface area contributed by atoms with Crippen LogP contribution in [-0.4, -0.2) is 29.9 Å². The second-order valence-electron chi connectivity index (χ2n) is 3.05. The molecule has 4 heteroatoms. The number of nitrogens with two attached hydrogens (primary N) is 1. The molecule has 0 atom stereocenters. The van der Waals surface area contributed by atoms with E-state index in [-0.39, 0.29) is 18.4 Å². The van der Waals surface area contributed by atoms with Gasteiger partial charge in [-0.1, -0.05) is 0 Å². The third kappa shape index (κ3) is 2.21. The minimum atomic E-state index is -0.0654. The van der Waals surface area contributed by atoms with Gasteiger partial charge in [-0.15, -0.1) is 0 Å². The highest BCUT2D eigenvalue weighted by molar-refractivity contribution is 5.78. The third-order valence-electron chi connectivity index (χ3n) is 2.12. The molecule has 1 rings (SSSR count). The van der Waals surface area contributed by atoms with Crippen LogP contribution in [0.2, 0.25) is 0 Å². The van der Waals surface area contributed by atoms with Crippen molar-refractivity contribution in [3.8, 4) is 6.07 Å². The number of carbonyl (C=O) groups excluding carboxylic acids is 1.